The highest BCUT2D eigenvalue weighted by atomic mass is 35.5. The van der Waals surface area contributed by atoms with Gasteiger partial charge in [0.2, 0.25) is 0 Å². The molecule has 0 radical (unpaired) electrons. The first-order valence-corrected chi connectivity index (χ1v) is 5.62. The Morgan fingerprint density at radius 1 is 1.65 bits per heavy atom. The van der Waals surface area contributed by atoms with E-state index in [9.17, 15) is 4.79 Å². The normalized spacial score (nSPS) is 10.4. The zero-order valence-electron chi connectivity index (χ0n) is 9.85. The predicted molar refractivity (Wildman–Crippen MR) is 68.9 cm³/mol. The monoisotopic (exact) mass is 254 g/mol. The number of carboxylic acid groups (broad SMARTS) is 1. The smallest absolute Gasteiger partial charge is 0.335 e. The maximum absolute atomic E-state index is 10.9. The zero-order valence-corrected chi connectivity index (χ0v) is 10.6. The summed E-state index contributed by atoms with van der Waals surface area (Å²) in [5, 5.41) is 9.13. The molecule has 1 aromatic rings. The highest BCUT2D eigenvalue weighted by Crippen LogP contribution is 2.20. The van der Waals surface area contributed by atoms with E-state index >= 15 is 0 Å². The summed E-state index contributed by atoms with van der Waals surface area (Å²) in [5.41, 5.74) is 0.134. The number of carboxylic acids is 1. The maximum Gasteiger partial charge on any atom is 0.335 e. The Bertz CT molecular complexity index is 433. The third-order valence-electron chi connectivity index (χ3n) is 2.27. The first-order chi connectivity index (χ1) is 7.95. The summed E-state index contributed by atoms with van der Waals surface area (Å²) in [4.78, 5) is 17.0. The molecule has 1 aromatic heterocycles. The van der Waals surface area contributed by atoms with Crippen molar-refractivity contribution in [1.82, 2.24) is 4.98 Å². The van der Waals surface area contributed by atoms with Crippen molar-refractivity contribution in [2.24, 2.45) is 0 Å². The average Bonchev–Trinajstić information content (AvgIpc) is 2.24. The number of nitrogens with zero attached hydrogens (tertiary/aromatic N) is 2. The van der Waals surface area contributed by atoms with Crippen LogP contribution in [-0.4, -0.2) is 28.6 Å². The van der Waals surface area contributed by atoms with Crippen molar-refractivity contribution < 1.29 is 9.90 Å². The van der Waals surface area contributed by atoms with Gasteiger partial charge in [0.25, 0.3) is 0 Å². The van der Waals surface area contributed by atoms with Gasteiger partial charge in [0.05, 0.1) is 5.56 Å². The summed E-state index contributed by atoms with van der Waals surface area (Å²) in [6, 6.07) is 3.03. The lowest BCUT2D eigenvalue weighted by atomic mass is 10.2. The molecule has 17 heavy (non-hydrogen) atoms. The van der Waals surface area contributed by atoms with E-state index in [2.05, 4.69) is 11.6 Å². The Kier molecular flexibility index (Phi) is 4.52. The van der Waals surface area contributed by atoms with Crippen LogP contribution in [0.5, 0.6) is 0 Å². The van der Waals surface area contributed by atoms with Crippen LogP contribution in [0.3, 0.4) is 0 Å². The summed E-state index contributed by atoms with van der Waals surface area (Å²) < 4.78 is 0. The third kappa shape index (κ3) is 3.46. The van der Waals surface area contributed by atoms with Crippen molar-refractivity contribution in [2.75, 3.05) is 11.4 Å². The fourth-order valence-electron chi connectivity index (χ4n) is 1.46. The van der Waals surface area contributed by atoms with Crippen molar-refractivity contribution in [2.45, 2.75) is 19.9 Å². The van der Waals surface area contributed by atoms with Gasteiger partial charge < -0.3 is 10.0 Å². The second kappa shape index (κ2) is 5.68. The topological polar surface area (TPSA) is 53.4 Å². The number of anilines is 1. The second-order valence-corrected chi connectivity index (χ2v) is 4.26. The molecule has 1 N–H and O–H groups in total. The summed E-state index contributed by atoms with van der Waals surface area (Å²) in [7, 11) is 0. The SMILES string of the molecule is C=CCN(c1cc(C(=O)O)cc(Cl)n1)C(C)C. The molecule has 0 amide bonds. The van der Waals surface area contributed by atoms with E-state index in [1.807, 2.05) is 18.7 Å². The molecule has 5 heteroatoms. The van der Waals surface area contributed by atoms with E-state index in [1.165, 1.54) is 12.1 Å². The van der Waals surface area contributed by atoms with Crippen LogP contribution in [0.2, 0.25) is 5.15 Å². The minimum Gasteiger partial charge on any atom is -0.478 e. The van der Waals surface area contributed by atoms with Crippen molar-refractivity contribution in [3.8, 4) is 0 Å². The molecule has 0 atom stereocenters. The van der Waals surface area contributed by atoms with Gasteiger partial charge in [0.15, 0.2) is 0 Å². The van der Waals surface area contributed by atoms with Crippen LogP contribution in [0.15, 0.2) is 24.8 Å². The highest BCUT2D eigenvalue weighted by molar-refractivity contribution is 6.29. The molecule has 0 aliphatic heterocycles. The minimum absolute atomic E-state index is 0.134. The Hall–Kier alpha value is -1.55. The molecular formula is C12H15ClN2O2. The first kappa shape index (κ1) is 13.5. The lowest BCUT2D eigenvalue weighted by molar-refractivity contribution is 0.0697. The van der Waals surface area contributed by atoms with Gasteiger partial charge >= 0.3 is 5.97 Å². The molecule has 0 bridgehead atoms. The molecule has 4 nitrogen and oxygen atoms in total. The summed E-state index contributed by atoms with van der Waals surface area (Å²) >= 11 is 5.82. The molecule has 92 valence electrons. The van der Waals surface area contributed by atoms with Gasteiger partial charge in [-0.2, -0.15) is 0 Å². The molecule has 0 spiro atoms. The molecule has 0 aliphatic rings. The zero-order chi connectivity index (χ0) is 13.0. The molecule has 0 aromatic carbocycles. The van der Waals surface area contributed by atoms with E-state index in [4.69, 9.17) is 16.7 Å². The molecule has 0 fully saturated rings. The van der Waals surface area contributed by atoms with Gasteiger partial charge in [0, 0.05) is 12.6 Å². The van der Waals surface area contributed by atoms with E-state index in [0.29, 0.717) is 12.4 Å². The second-order valence-electron chi connectivity index (χ2n) is 3.88. The Labute approximate surface area is 106 Å². The van der Waals surface area contributed by atoms with E-state index in [-0.39, 0.29) is 16.8 Å². The summed E-state index contributed by atoms with van der Waals surface area (Å²) in [6.45, 7) is 8.24. The van der Waals surface area contributed by atoms with Crippen molar-refractivity contribution in [1.29, 1.82) is 0 Å². The molecule has 0 aliphatic carbocycles. The lowest BCUT2D eigenvalue weighted by Gasteiger charge is -2.26. The van der Waals surface area contributed by atoms with Gasteiger partial charge in [-0.25, -0.2) is 9.78 Å². The largest absolute Gasteiger partial charge is 0.478 e. The summed E-state index contributed by atoms with van der Waals surface area (Å²) in [5.74, 6) is -0.470. The van der Waals surface area contributed by atoms with Gasteiger partial charge in [-0.15, -0.1) is 6.58 Å². The minimum atomic E-state index is -1.02. The quantitative estimate of drug-likeness (QED) is 0.649. The molecule has 0 saturated carbocycles. The molecular weight excluding hydrogens is 240 g/mol. The standard InChI is InChI=1S/C12H15ClN2O2/c1-4-5-15(8(2)3)11-7-9(12(16)17)6-10(13)14-11/h4,6-8H,1,5H2,2-3H3,(H,16,17). The van der Waals surface area contributed by atoms with Crippen LogP contribution in [0.4, 0.5) is 5.82 Å². The predicted octanol–water partition coefficient (Wildman–Crippen LogP) is 2.83. The lowest BCUT2D eigenvalue weighted by Crippen LogP contribution is -2.31. The van der Waals surface area contributed by atoms with Crippen molar-refractivity contribution in [3.05, 3.63) is 35.5 Å². The van der Waals surface area contributed by atoms with Crippen LogP contribution >= 0.6 is 11.6 Å². The molecule has 1 rings (SSSR count). The Balaban J connectivity index is 3.18. The van der Waals surface area contributed by atoms with Gasteiger partial charge in [-0.1, -0.05) is 17.7 Å². The molecule has 0 saturated heterocycles. The third-order valence-corrected chi connectivity index (χ3v) is 2.46. The summed E-state index contributed by atoms with van der Waals surface area (Å²) in [6.07, 6.45) is 1.74. The number of aromatic nitrogens is 1. The number of aromatic carboxylic acids is 1. The van der Waals surface area contributed by atoms with E-state index in [1.54, 1.807) is 6.08 Å². The number of rotatable bonds is 5. The first-order valence-electron chi connectivity index (χ1n) is 5.24. The molecule has 0 unspecified atom stereocenters. The van der Waals surface area contributed by atoms with Crippen molar-refractivity contribution >= 4 is 23.4 Å². The van der Waals surface area contributed by atoms with Crippen LogP contribution in [-0.2, 0) is 0 Å². The fourth-order valence-corrected chi connectivity index (χ4v) is 1.67. The maximum atomic E-state index is 10.9. The number of hydrogen-bond donors (Lipinski definition) is 1. The van der Waals surface area contributed by atoms with Crippen LogP contribution in [0, 0.1) is 0 Å². The van der Waals surface area contributed by atoms with Crippen LogP contribution in [0.25, 0.3) is 0 Å². The highest BCUT2D eigenvalue weighted by Gasteiger charge is 2.14. The number of pyridine rings is 1. The Morgan fingerprint density at radius 2 is 2.29 bits per heavy atom. The van der Waals surface area contributed by atoms with Gasteiger partial charge in [-0.3, -0.25) is 0 Å². The fraction of sp³-hybridized carbons (Fsp3) is 0.333. The average molecular weight is 255 g/mol. The van der Waals surface area contributed by atoms with Crippen molar-refractivity contribution in [3.63, 3.8) is 0 Å². The number of carbonyl (C=O) groups is 1. The van der Waals surface area contributed by atoms with Gasteiger partial charge in [-0.05, 0) is 26.0 Å². The molecule has 1 heterocycles. The van der Waals surface area contributed by atoms with Crippen LogP contribution in [0.1, 0.15) is 24.2 Å². The number of hydrogen-bond acceptors (Lipinski definition) is 3. The van der Waals surface area contributed by atoms with Gasteiger partial charge in [0.1, 0.15) is 11.0 Å². The van der Waals surface area contributed by atoms with E-state index in [0.717, 1.165) is 0 Å². The Morgan fingerprint density at radius 3 is 2.76 bits per heavy atom. The van der Waals surface area contributed by atoms with Crippen LogP contribution < -0.4 is 4.90 Å². The number of halogens is 1. The van der Waals surface area contributed by atoms with E-state index < -0.39 is 5.97 Å².